The second-order valence-corrected chi connectivity index (χ2v) is 5.32. The molecule has 0 unspecified atom stereocenters. The number of rotatable bonds is 5. The molecule has 0 bridgehead atoms. The van der Waals surface area contributed by atoms with E-state index in [1.54, 1.807) is 0 Å². The fourth-order valence-electron chi connectivity index (χ4n) is 1.90. The molecule has 2 N–H and O–H groups in total. The monoisotopic (exact) mass is 269 g/mol. The van der Waals surface area contributed by atoms with Crippen LogP contribution in [-0.4, -0.2) is 21.6 Å². The van der Waals surface area contributed by atoms with E-state index >= 15 is 0 Å². The molecule has 0 amide bonds. The third-order valence-corrected chi connectivity index (χ3v) is 3.73. The molecule has 0 aliphatic carbocycles. The van der Waals surface area contributed by atoms with E-state index in [2.05, 4.69) is 11.2 Å². The number of imidazole rings is 1. The zero-order valence-corrected chi connectivity index (χ0v) is 11.4. The standard InChI is InChI=1S/C12H16ClN3S/c1-17-8-3-2-7-16-11-9(13)5-4-6-10(11)15-12(16)14/h4-6H,2-3,7-8H2,1H3,(H2,14,15). The molecule has 1 heterocycles. The van der Waals surface area contributed by atoms with Gasteiger partial charge in [0.15, 0.2) is 0 Å². The van der Waals surface area contributed by atoms with Crippen molar-refractivity contribution in [2.24, 2.45) is 0 Å². The van der Waals surface area contributed by atoms with Crippen LogP contribution in [0.4, 0.5) is 5.95 Å². The lowest BCUT2D eigenvalue weighted by Gasteiger charge is -2.06. The number of nitrogens with zero attached hydrogens (tertiary/aromatic N) is 2. The summed E-state index contributed by atoms with van der Waals surface area (Å²) in [6, 6.07) is 5.72. The van der Waals surface area contributed by atoms with Gasteiger partial charge in [-0.25, -0.2) is 4.98 Å². The first-order valence-corrected chi connectivity index (χ1v) is 7.40. The lowest BCUT2D eigenvalue weighted by atomic mass is 10.3. The Morgan fingerprint density at radius 1 is 1.41 bits per heavy atom. The van der Waals surface area contributed by atoms with Crippen molar-refractivity contribution in [3.63, 3.8) is 0 Å². The lowest BCUT2D eigenvalue weighted by Crippen LogP contribution is -2.04. The maximum Gasteiger partial charge on any atom is 0.201 e. The molecule has 5 heteroatoms. The molecule has 2 aromatic rings. The van der Waals surface area contributed by atoms with Gasteiger partial charge in [0.1, 0.15) is 0 Å². The number of fused-ring (bicyclic) bond motifs is 1. The zero-order chi connectivity index (χ0) is 12.3. The highest BCUT2D eigenvalue weighted by Crippen LogP contribution is 2.25. The van der Waals surface area contributed by atoms with Crippen LogP contribution in [0.2, 0.25) is 5.02 Å². The van der Waals surface area contributed by atoms with Crippen LogP contribution >= 0.6 is 23.4 Å². The Hall–Kier alpha value is -0.870. The van der Waals surface area contributed by atoms with Crippen molar-refractivity contribution in [2.75, 3.05) is 17.7 Å². The van der Waals surface area contributed by atoms with E-state index in [9.17, 15) is 0 Å². The normalized spacial score (nSPS) is 11.2. The number of anilines is 1. The van der Waals surface area contributed by atoms with Crippen molar-refractivity contribution < 1.29 is 0 Å². The molecule has 3 nitrogen and oxygen atoms in total. The minimum atomic E-state index is 0.553. The van der Waals surface area contributed by atoms with Gasteiger partial charge in [0.2, 0.25) is 5.95 Å². The summed E-state index contributed by atoms with van der Waals surface area (Å²) in [5.41, 5.74) is 7.75. The van der Waals surface area contributed by atoms with Gasteiger partial charge in [-0.3, -0.25) is 0 Å². The third-order valence-electron chi connectivity index (χ3n) is 2.73. The SMILES string of the molecule is CSCCCCn1c(N)nc2cccc(Cl)c21. The van der Waals surface area contributed by atoms with E-state index in [-0.39, 0.29) is 0 Å². The Morgan fingerprint density at radius 2 is 2.24 bits per heavy atom. The summed E-state index contributed by atoms with van der Waals surface area (Å²) in [5, 5.41) is 0.719. The number of hydrogen-bond donors (Lipinski definition) is 1. The smallest absolute Gasteiger partial charge is 0.201 e. The zero-order valence-electron chi connectivity index (χ0n) is 9.82. The second-order valence-electron chi connectivity index (χ2n) is 3.93. The van der Waals surface area contributed by atoms with Crippen molar-refractivity contribution in [2.45, 2.75) is 19.4 Å². The molecule has 0 atom stereocenters. The number of hydrogen-bond acceptors (Lipinski definition) is 3. The van der Waals surface area contributed by atoms with E-state index in [0.29, 0.717) is 5.95 Å². The molecular formula is C12H16ClN3S. The topological polar surface area (TPSA) is 43.8 Å². The molecule has 0 aliphatic rings. The highest BCUT2D eigenvalue weighted by Gasteiger charge is 2.10. The first kappa shape index (κ1) is 12.6. The molecule has 0 saturated carbocycles. The lowest BCUT2D eigenvalue weighted by molar-refractivity contribution is 0.656. The van der Waals surface area contributed by atoms with Crippen molar-refractivity contribution >= 4 is 40.3 Å². The summed E-state index contributed by atoms with van der Waals surface area (Å²) in [5.74, 6) is 1.73. The van der Waals surface area contributed by atoms with Gasteiger partial charge in [-0.1, -0.05) is 17.7 Å². The Kier molecular flexibility index (Phi) is 4.18. The fourth-order valence-corrected chi connectivity index (χ4v) is 2.67. The number of halogens is 1. The van der Waals surface area contributed by atoms with E-state index in [1.165, 1.54) is 12.2 Å². The Balaban J connectivity index is 2.23. The molecule has 1 aromatic carbocycles. The van der Waals surface area contributed by atoms with Gasteiger partial charge in [-0.2, -0.15) is 11.8 Å². The molecule has 0 spiro atoms. The van der Waals surface area contributed by atoms with Gasteiger partial charge in [0, 0.05) is 6.54 Å². The molecule has 0 saturated heterocycles. The highest BCUT2D eigenvalue weighted by molar-refractivity contribution is 7.98. The second kappa shape index (κ2) is 5.65. The molecule has 92 valence electrons. The van der Waals surface area contributed by atoms with Crippen LogP contribution in [0.3, 0.4) is 0 Å². The number of nitrogens with two attached hydrogens (primary N) is 1. The summed E-state index contributed by atoms with van der Waals surface area (Å²) in [7, 11) is 0. The Morgan fingerprint density at radius 3 is 3.00 bits per heavy atom. The van der Waals surface area contributed by atoms with Crippen LogP contribution in [0.5, 0.6) is 0 Å². The molecular weight excluding hydrogens is 254 g/mol. The number of aromatic nitrogens is 2. The Labute approximate surface area is 110 Å². The van der Waals surface area contributed by atoms with Gasteiger partial charge < -0.3 is 10.3 Å². The van der Waals surface area contributed by atoms with Gasteiger partial charge in [0.25, 0.3) is 0 Å². The minimum Gasteiger partial charge on any atom is -0.369 e. The number of benzene rings is 1. The Bertz CT molecular complexity index is 510. The predicted octanol–water partition coefficient (Wildman–Crippen LogP) is 3.42. The summed E-state index contributed by atoms with van der Waals surface area (Å²) in [6.07, 6.45) is 4.41. The molecule has 0 aliphatic heterocycles. The predicted molar refractivity (Wildman–Crippen MR) is 76.8 cm³/mol. The quantitative estimate of drug-likeness (QED) is 0.846. The number of thioether (sulfide) groups is 1. The van der Waals surface area contributed by atoms with Gasteiger partial charge >= 0.3 is 0 Å². The highest BCUT2D eigenvalue weighted by atomic mass is 35.5. The third kappa shape index (κ3) is 2.69. The van der Waals surface area contributed by atoms with E-state index < -0.39 is 0 Å². The first-order chi connectivity index (χ1) is 8.24. The van der Waals surface area contributed by atoms with Crippen LogP contribution in [-0.2, 0) is 6.54 Å². The number of para-hydroxylation sites is 1. The average Bonchev–Trinajstić information content (AvgIpc) is 2.62. The summed E-state index contributed by atoms with van der Waals surface area (Å²) in [6.45, 7) is 0.882. The fraction of sp³-hybridized carbons (Fsp3) is 0.417. The van der Waals surface area contributed by atoms with Crippen molar-refractivity contribution in [3.05, 3.63) is 23.2 Å². The summed E-state index contributed by atoms with van der Waals surface area (Å²) in [4.78, 5) is 4.32. The van der Waals surface area contributed by atoms with E-state index in [1.807, 2.05) is 34.5 Å². The van der Waals surface area contributed by atoms with Gasteiger partial charge in [-0.05, 0) is 37.0 Å². The van der Waals surface area contributed by atoms with Crippen molar-refractivity contribution in [1.82, 2.24) is 9.55 Å². The summed E-state index contributed by atoms with van der Waals surface area (Å²) < 4.78 is 2.01. The van der Waals surface area contributed by atoms with Crippen LogP contribution in [0.1, 0.15) is 12.8 Å². The average molecular weight is 270 g/mol. The number of nitrogen functional groups attached to an aromatic ring is 1. The van der Waals surface area contributed by atoms with Gasteiger partial charge in [0.05, 0.1) is 16.1 Å². The maximum atomic E-state index is 6.20. The van der Waals surface area contributed by atoms with Crippen LogP contribution in [0.15, 0.2) is 18.2 Å². The minimum absolute atomic E-state index is 0.553. The number of unbranched alkanes of at least 4 members (excludes halogenated alkanes) is 1. The van der Waals surface area contributed by atoms with Crippen molar-refractivity contribution in [1.29, 1.82) is 0 Å². The van der Waals surface area contributed by atoms with Crippen LogP contribution in [0, 0.1) is 0 Å². The summed E-state index contributed by atoms with van der Waals surface area (Å²) >= 11 is 8.06. The molecule has 0 radical (unpaired) electrons. The molecule has 1 aromatic heterocycles. The van der Waals surface area contributed by atoms with Crippen LogP contribution < -0.4 is 5.73 Å². The molecule has 2 rings (SSSR count). The van der Waals surface area contributed by atoms with Crippen molar-refractivity contribution in [3.8, 4) is 0 Å². The van der Waals surface area contributed by atoms with E-state index in [0.717, 1.165) is 29.0 Å². The van der Waals surface area contributed by atoms with Gasteiger partial charge in [-0.15, -0.1) is 0 Å². The number of aryl methyl sites for hydroxylation is 1. The van der Waals surface area contributed by atoms with Crippen LogP contribution in [0.25, 0.3) is 11.0 Å². The first-order valence-electron chi connectivity index (χ1n) is 5.63. The largest absolute Gasteiger partial charge is 0.369 e. The molecule has 17 heavy (non-hydrogen) atoms. The van der Waals surface area contributed by atoms with E-state index in [4.69, 9.17) is 17.3 Å². The molecule has 0 fully saturated rings. The maximum absolute atomic E-state index is 6.20.